The number of aromatic nitrogens is 1. The van der Waals surface area contributed by atoms with Gasteiger partial charge in [-0.15, -0.1) is 0 Å². The fraction of sp³-hybridized carbons (Fsp3) is 0.217. The number of hydrogen-bond donors (Lipinski definition) is 0. The standard InChI is InChI=1S/C23H22N2O4S2/c26-22(18-8-10-20(11-9-18)29-19-6-2-1-3-7-19)17-30-23-13-12-21(16-24-23)31(27,28)25-14-4-5-15-25/h1-3,6-13,16H,4-5,14-15,17H2. The van der Waals surface area contributed by atoms with Crippen LogP contribution in [0.25, 0.3) is 0 Å². The van der Waals surface area contributed by atoms with Gasteiger partial charge in [-0.3, -0.25) is 4.79 Å². The van der Waals surface area contributed by atoms with Gasteiger partial charge in [-0.1, -0.05) is 30.0 Å². The number of thioether (sulfide) groups is 1. The zero-order chi connectivity index (χ0) is 21.7. The molecule has 3 aromatic rings. The molecule has 0 spiro atoms. The third-order valence-electron chi connectivity index (χ3n) is 4.92. The summed E-state index contributed by atoms with van der Waals surface area (Å²) in [5.41, 5.74) is 0.584. The number of nitrogens with zero attached hydrogens (tertiary/aromatic N) is 2. The van der Waals surface area contributed by atoms with Crippen molar-refractivity contribution in [1.82, 2.24) is 9.29 Å². The van der Waals surface area contributed by atoms with Crippen LogP contribution in [0, 0.1) is 0 Å². The zero-order valence-electron chi connectivity index (χ0n) is 16.8. The number of ketones is 1. The van der Waals surface area contributed by atoms with Crippen LogP contribution in [-0.4, -0.2) is 42.3 Å². The van der Waals surface area contributed by atoms with Crippen molar-refractivity contribution in [2.24, 2.45) is 0 Å². The number of carbonyl (C=O) groups is 1. The van der Waals surface area contributed by atoms with Gasteiger partial charge in [-0.2, -0.15) is 4.31 Å². The molecular formula is C23H22N2O4S2. The number of sulfonamides is 1. The van der Waals surface area contributed by atoms with Crippen LogP contribution in [0.3, 0.4) is 0 Å². The molecule has 1 aliphatic heterocycles. The summed E-state index contributed by atoms with van der Waals surface area (Å²) < 4.78 is 32.3. The zero-order valence-corrected chi connectivity index (χ0v) is 18.4. The molecule has 2 aromatic carbocycles. The Hall–Kier alpha value is -2.68. The van der Waals surface area contributed by atoms with E-state index >= 15 is 0 Å². The quantitative estimate of drug-likeness (QED) is 0.365. The van der Waals surface area contributed by atoms with Crippen LogP contribution in [0.1, 0.15) is 23.2 Å². The van der Waals surface area contributed by atoms with Crippen molar-refractivity contribution in [2.75, 3.05) is 18.8 Å². The van der Waals surface area contributed by atoms with Crippen LogP contribution in [-0.2, 0) is 10.0 Å². The SMILES string of the molecule is O=C(CSc1ccc(S(=O)(=O)N2CCCC2)cn1)c1ccc(Oc2ccccc2)cc1. The van der Waals surface area contributed by atoms with E-state index in [-0.39, 0.29) is 16.4 Å². The van der Waals surface area contributed by atoms with Gasteiger partial charge in [0.15, 0.2) is 5.78 Å². The lowest BCUT2D eigenvalue weighted by molar-refractivity contribution is 0.102. The van der Waals surface area contributed by atoms with E-state index in [0.29, 0.717) is 29.4 Å². The molecule has 0 saturated carbocycles. The number of carbonyl (C=O) groups excluding carboxylic acids is 1. The van der Waals surface area contributed by atoms with E-state index in [2.05, 4.69) is 4.98 Å². The monoisotopic (exact) mass is 454 g/mol. The molecule has 1 aliphatic rings. The summed E-state index contributed by atoms with van der Waals surface area (Å²) >= 11 is 1.28. The van der Waals surface area contributed by atoms with Gasteiger partial charge in [0.25, 0.3) is 0 Å². The van der Waals surface area contributed by atoms with Gasteiger partial charge in [-0.05, 0) is 61.4 Å². The number of pyridine rings is 1. The maximum absolute atomic E-state index is 12.6. The molecular weight excluding hydrogens is 432 g/mol. The van der Waals surface area contributed by atoms with E-state index in [1.165, 1.54) is 22.3 Å². The van der Waals surface area contributed by atoms with Crippen molar-refractivity contribution in [3.05, 3.63) is 78.5 Å². The largest absolute Gasteiger partial charge is 0.457 e. The number of rotatable bonds is 8. The van der Waals surface area contributed by atoms with Crippen LogP contribution in [0.4, 0.5) is 0 Å². The molecule has 0 N–H and O–H groups in total. The number of para-hydroxylation sites is 1. The Morgan fingerprint density at radius 2 is 1.61 bits per heavy atom. The first-order chi connectivity index (χ1) is 15.0. The Labute approximate surface area is 186 Å². The normalized spacial score (nSPS) is 14.5. The van der Waals surface area contributed by atoms with Crippen molar-refractivity contribution in [3.8, 4) is 11.5 Å². The Morgan fingerprint density at radius 1 is 0.935 bits per heavy atom. The first-order valence-electron chi connectivity index (χ1n) is 9.97. The first-order valence-corrected chi connectivity index (χ1v) is 12.4. The average Bonchev–Trinajstić information content (AvgIpc) is 3.35. The Bertz CT molecular complexity index is 1130. The van der Waals surface area contributed by atoms with Crippen molar-refractivity contribution < 1.29 is 17.9 Å². The third kappa shape index (κ3) is 5.33. The average molecular weight is 455 g/mol. The molecule has 6 nitrogen and oxygen atoms in total. The minimum absolute atomic E-state index is 0.0353. The lowest BCUT2D eigenvalue weighted by Gasteiger charge is -2.15. The van der Waals surface area contributed by atoms with Crippen LogP contribution in [0.5, 0.6) is 11.5 Å². The van der Waals surface area contributed by atoms with Crippen molar-refractivity contribution in [2.45, 2.75) is 22.8 Å². The van der Waals surface area contributed by atoms with Gasteiger partial charge in [0, 0.05) is 24.8 Å². The summed E-state index contributed by atoms with van der Waals surface area (Å²) in [4.78, 5) is 16.9. The second kappa shape index (κ2) is 9.64. The molecule has 160 valence electrons. The molecule has 0 amide bonds. The molecule has 0 atom stereocenters. The molecule has 0 bridgehead atoms. The smallest absolute Gasteiger partial charge is 0.244 e. The van der Waals surface area contributed by atoms with Gasteiger partial charge in [0.05, 0.1) is 10.8 Å². The summed E-state index contributed by atoms with van der Waals surface area (Å²) in [5, 5.41) is 0.609. The van der Waals surface area contributed by atoms with Crippen molar-refractivity contribution >= 4 is 27.6 Å². The third-order valence-corrected chi connectivity index (χ3v) is 7.74. The fourth-order valence-corrected chi connectivity index (χ4v) is 5.44. The van der Waals surface area contributed by atoms with E-state index in [1.807, 2.05) is 30.3 Å². The number of Topliss-reactive ketones (excluding diaryl/α,β-unsaturated/α-hetero) is 1. The Kier molecular flexibility index (Phi) is 6.70. The lowest BCUT2D eigenvalue weighted by atomic mass is 10.1. The predicted molar refractivity (Wildman–Crippen MR) is 120 cm³/mol. The van der Waals surface area contributed by atoms with E-state index < -0.39 is 10.0 Å². The molecule has 0 aliphatic carbocycles. The Morgan fingerprint density at radius 3 is 2.26 bits per heavy atom. The minimum atomic E-state index is -3.47. The second-order valence-corrected chi connectivity index (χ2v) is 10.0. The highest BCUT2D eigenvalue weighted by Crippen LogP contribution is 2.24. The van der Waals surface area contributed by atoms with Crippen LogP contribution < -0.4 is 4.74 Å². The number of ether oxygens (including phenoxy) is 1. The highest BCUT2D eigenvalue weighted by molar-refractivity contribution is 7.99. The van der Waals surface area contributed by atoms with Gasteiger partial charge in [-0.25, -0.2) is 13.4 Å². The molecule has 1 saturated heterocycles. The van der Waals surface area contributed by atoms with Crippen LogP contribution >= 0.6 is 11.8 Å². The van der Waals surface area contributed by atoms with E-state index in [4.69, 9.17) is 4.74 Å². The van der Waals surface area contributed by atoms with Crippen LogP contribution in [0.2, 0.25) is 0 Å². The molecule has 0 unspecified atom stereocenters. The maximum atomic E-state index is 12.6. The summed E-state index contributed by atoms with van der Waals surface area (Å²) in [6.45, 7) is 1.12. The van der Waals surface area contributed by atoms with E-state index in [0.717, 1.165) is 18.6 Å². The van der Waals surface area contributed by atoms with E-state index in [9.17, 15) is 13.2 Å². The van der Waals surface area contributed by atoms with Crippen molar-refractivity contribution in [1.29, 1.82) is 0 Å². The summed E-state index contributed by atoms with van der Waals surface area (Å²) in [6.07, 6.45) is 3.15. The first kappa shape index (κ1) is 21.5. The maximum Gasteiger partial charge on any atom is 0.244 e. The summed E-state index contributed by atoms with van der Waals surface area (Å²) in [6, 6.07) is 19.7. The molecule has 8 heteroatoms. The fourth-order valence-electron chi connectivity index (χ4n) is 3.24. The van der Waals surface area contributed by atoms with E-state index in [1.54, 1.807) is 36.4 Å². The van der Waals surface area contributed by atoms with Gasteiger partial charge >= 0.3 is 0 Å². The molecule has 0 radical (unpaired) electrons. The molecule has 4 rings (SSSR count). The highest BCUT2D eigenvalue weighted by atomic mass is 32.2. The summed E-state index contributed by atoms with van der Waals surface area (Å²) in [5.74, 6) is 1.57. The molecule has 2 heterocycles. The predicted octanol–water partition coefficient (Wildman–Crippen LogP) is 4.63. The molecule has 1 fully saturated rings. The molecule has 31 heavy (non-hydrogen) atoms. The summed E-state index contributed by atoms with van der Waals surface area (Å²) in [7, 11) is -3.47. The van der Waals surface area contributed by atoms with Gasteiger partial charge in [0.2, 0.25) is 10.0 Å². The molecule has 1 aromatic heterocycles. The van der Waals surface area contributed by atoms with Gasteiger partial charge in [0.1, 0.15) is 16.4 Å². The minimum Gasteiger partial charge on any atom is -0.457 e. The van der Waals surface area contributed by atoms with Gasteiger partial charge < -0.3 is 4.74 Å². The van der Waals surface area contributed by atoms with Crippen molar-refractivity contribution in [3.63, 3.8) is 0 Å². The lowest BCUT2D eigenvalue weighted by Crippen LogP contribution is -2.27. The topological polar surface area (TPSA) is 76.6 Å². The number of hydrogen-bond acceptors (Lipinski definition) is 6. The number of benzene rings is 2. The second-order valence-electron chi connectivity index (χ2n) is 7.09. The van der Waals surface area contributed by atoms with Crippen LogP contribution in [0.15, 0.2) is 82.8 Å². The highest BCUT2D eigenvalue weighted by Gasteiger charge is 2.27. The Balaban J connectivity index is 1.33.